The highest BCUT2D eigenvalue weighted by atomic mass is 16.6. The molecule has 0 saturated carbocycles. The molecule has 0 radical (unpaired) electrons. The second-order valence-corrected chi connectivity index (χ2v) is 5.36. The zero-order valence-electron chi connectivity index (χ0n) is 14.2. The highest BCUT2D eigenvalue weighted by molar-refractivity contribution is 5.94. The lowest BCUT2D eigenvalue weighted by Crippen LogP contribution is -2.34. The van der Waals surface area contributed by atoms with Gasteiger partial charge in [-0.1, -0.05) is 19.8 Å². The predicted molar refractivity (Wildman–Crippen MR) is 89.8 cm³/mol. The van der Waals surface area contributed by atoms with Crippen LogP contribution in [0.5, 0.6) is 0 Å². The number of nitrogens with zero attached hydrogens (tertiary/aromatic N) is 2. The number of carbonyl (C=O) groups excluding carboxylic acids is 2. The van der Waals surface area contributed by atoms with Crippen LogP contribution < -0.4 is 0 Å². The van der Waals surface area contributed by atoms with E-state index in [2.05, 4.69) is 6.92 Å². The maximum atomic E-state index is 12.6. The van der Waals surface area contributed by atoms with Gasteiger partial charge < -0.3 is 9.64 Å². The van der Waals surface area contributed by atoms with Gasteiger partial charge in [-0.05, 0) is 25.5 Å². The molecule has 0 aliphatic rings. The molecule has 0 saturated heterocycles. The van der Waals surface area contributed by atoms with Crippen molar-refractivity contribution in [2.24, 2.45) is 0 Å². The molecule has 0 spiro atoms. The number of amides is 1. The zero-order valence-corrected chi connectivity index (χ0v) is 14.2. The Bertz CT molecular complexity index is 557. The third-order valence-electron chi connectivity index (χ3n) is 3.54. The summed E-state index contributed by atoms with van der Waals surface area (Å²) < 4.78 is 4.89. The lowest BCUT2D eigenvalue weighted by atomic mass is 10.1. The van der Waals surface area contributed by atoms with E-state index < -0.39 is 4.92 Å². The average Bonchev–Trinajstić information content (AvgIpc) is 2.57. The quantitative estimate of drug-likeness (QED) is 0.283. The predicted octanol–water partition coefficient (Wildman–Crippen LogP) is 3.18. The first-order chi connectivity index (χ1) is 11.5. The second-order valence-electron chi connectivity index (χ2n) is 5.36. The molecule has 1 rings (SSSR count). The molecule has 0 unspecified atom stereocenters. The van der Waals surface area contributed by atoms with Gasteiger partial charge in [-0.3, -0.25) is 19.7 Å². The number of non-ortho nitro benzene ring substituents is 1. The van der Waals surface area contributed by atoms with Gasteiger partial charge in [0.1, 0.15) is 0 Å². The average molecular weight is 336 g/mol. The van der Waals surface area contributed by atoms with Crippen molar-refractivity contribution < 1.29 is 19.2 Å². The molecule has 7 heteroatoms. The van der Waals surface area contributed by atoms with Crippen molar-refractivity contribution >= 4 is 17.6 Å². The fourth-order valence-corrected chi connectivity index (χ4v) is 2.24. The van der Waals surface area contributed by atoms with Crippen LogP contribution in [0.3, 0.4) is 0 Å². The molecule has 0 N–H and O–H groups in total. The number of rotatable bonds is 10. The number of unbranched alkanes of at least 4 members (excludes halogenated alkanes) is 2. The standard InChI is InChI=1S/C17H24N2O5/c1-3-5-6-12-18(13-11-16(20)24-4-2)17(21)14-7-9-15(10-8-14)19(22)23/h7-10H,3-6,11-13H2,1-2H3. The molecule has 132 valence electrons. The van der Waals surface area contributed by atoms with Crippen molar-refractivity contribution in [2.45, 2.75) is 39.5 Å². The Hall–Kier alpha value is -2.44. The van der Waals surface area contributed by atoms with Gasteiger partial charge in [-0.25, -0.2) is 0 Å². The number of esters is 1. The Morgan fingerprint density at radius 2 is 1.79 bits per heavy atom. The van der Waals surface area contributed by atoms with Gasteiger partial charge in [0, 0.05) is 30.8 Å². The van der Waals surface area contributed by atoms with Crippen LogP contribution in [0.4, 0.5) is 5.69 Å². The minimum atomic E-state index is -0.506. The van der Waals surface area contributed by atoms with Gasteiger partial charge in [0.15, 0.2) is 0 Å². The molecule has 1 amide bonds. The Balaban J connectivity index is 2.77. The van der Waals surface area contributed by atoms with Crippen LogP contribution in [0.25, 0.3) is 0 Å². The SMILES string of the molecule is CCCCCN(CCC(=O)OCC)C(=O)c1ccc([N+](=O)[O-])cc1. The van der Waals surface area contributed by atoms with Crippen LogP contribution in [0.1, 0.15) is 49.9 Å². The molecule has 0 aliphatic heterocycles. The molecule has 0 bridgehead atoms. The molecular weight excluding hydrogens is 312 g/mol. The number of nitro benzene ring substituents is 1. The summed E-state index contributed by atoms with van der Waals surface area (Å²) in [5, 5.41) is 10.7. The summed E-state index contributed by atoms with van der Waals surface area (Å²) in [6.45, 7) is 4.94. The first-order valence-corrected chi connectivity index (χ1v) is 8.18. The van der Waals surface area contributed by atoms with Crippen molar-refractivity contribution in [2.75, 3.05) is 19.7 Å². The van der Waals surface area contributed by atoms with Gasteiger partial charge in [-0.2, -0.15) is 0 Å². The summed E-state index contributed by atoms with van der Waals surface area (Å²) in [4.78, 5) is 35.9. The van der Waals surface area contributed by atoms with Gasteiger partial charge in [-0.15, -0.1) is 0 Å². The molecule has 0 aliphatic carbocycles. The van der Waals surface area contributed by atoms with Crippen LogP contribution in [0.2, 0.25) is 0 Å². The van der Waals surface area contributed by atoms with Gasteiger partial charge in [0.25, 0.3) is 11.6 Å². The Morgan fingerprint density at radius 3 is 2.33 bits per heavy atom. The van der Waals surface area contributed by atoms with Crippen molar-refractivity contribution in [1.29, 1.82) is 0 Å². The van der Waals surface area contributed by atoms with Crippen LogP contribution in [0.15, 0.2) is 24.3 Å². The summed E-state index contributed by atoms with van der Waals surface area (Å²) in [7, 11) is 0. The third kappa shape index (κ3) is 6.36. The molecule has 1 aromatic carbocycles. The largest absolute Gasteiger partial charge is 0.466 e. The van der Waals surface area contributed by atoms with E-state index in [0.717, 1.165) is 19.3 Å². The zero-order chi connectivity index (χ0) is 17.9. The fraction of sp³-hybridized carbons (Fsp3) is 0.529. The summed E-state index contributed by atoms with van der Waals surface area (Å²) in [6, 6.07) is 5.50. The van der Waals surface area contributed by atoms with E-state index in [1.807, 2.05) is 0 Å². The monoisotopic (exact) mass is 336 g/mol. The number of hydrogen-bond acceptors (Lipinski definition) is 5. The maximum Gasteiger partial charge on any atom is 0.307 e. The maximum absolute atomic E-state index is 12.6. The molecule has 0 atom stereocenters. The van der Waals surface area contributed by atoms with E-state index in [-0.39, 0.29) is 30.5 Å². The van der Waals surface area contributed by atoms with Crippen LogP contribution in [0, 0.1) is 10.1 Å². The van der Waals surface area contributed by atoms with E-state index in [9.17, 15) is 19.7 Å². The van der Waals surface area contributed by atoms with Gasteiger partial charge in [0.2, 0.25) is 0 Å². The minimum absolute atomic E-state index is 0.0596. The van der Waals surface area contributed by atoms with Crippen LogP contribution >= 0.6 is 0 Å². The summed E-state index contributed by atoms with van der Waals surface area (Å²) >= 11 is 0. The van der Waals surface area contributed by atoms with E-state index >= 15 is 0 Å². The second kappa shape index (κ2) is 10.4. The van der Waals surface area contributed by atoms with Crippen molar-refractivity contribution in [3.63, 3.8) is 0 Å². The van der Waals surface area contributed by atoms with Crippen molar-refractivity contribution in [1.82, 2.24) is 4.90 Å². The van der Waals surface area contributed by atoms with E-state index in [1.165, 1.54) is 24.3 Å². The third-order valence-corrected chi connectivity index (χ3v) is 3.54. The molecule has 1 aromatic rings. The molecule has 0 fully saturated rings. The summed E-state index contributed by atoms with van der Waals surface area (Å²) in [5.74, 6) is -0.570. The first-order valence-electron chi connectivity index (χ1n) is 8.18. The lowest BCUT2D eigenvalue weighted by Gasteiger charge is -2.22. The van der Waals surface area contributed by atoms with E-state index in [4.69, 9.17) is 4.74 Å². The van der Waals surface area contributed by atoms with Crippen LogP contribution in [-0.4, -0.2) is 41.4 Å². The number of carbonyl (C=O) groups is 2. The Labute approximate surface area is 141 Å². The van der Waals surface area contributed by atoms with Crippen molar-refractivity contribution in [3.8, 4) is 0 Å². The lowest BCUT2D eigenvalue weighted by molar-refractivity contribution is -0.384. The number of benzene rings is 1. The minimum Gasteiger partial charge on any atom is -0.466 e. The number of hydrogen-bond donors (Lipinski definition) is 0. The highest BCUT2D eigenvalue weighted by Crippen LogP contribution is 2.14. The fourth-order valence-electron chi connectivity index (χ4n) is 2.24. The Morgan fingerprint density at radius 1 is 1.12 bits per heavy atom. The van der Waals surface area contributed by atoms with Gasteiger partial charge in [0.05, 0.1) is 18.0 Å². The van der Waals surface area contributed by atoms with Crippen LogP contribution in [-0.2, 0) is 9.53 Å². The molecule has 7 nitrogen and oxygen atoms in total. The molecular formula is C17H24N2O5. The Kier molecular flexibility index (Phi) is 8.46. The van der Waals surface area contributed by atoms with E-state index in [1.54, 1.807) is 11.8 Å². The topological polar surface area (TPSA) is 89.8 Å². The van der Waals surface area contributed by atoms with Gasteiger partial charge >= 0.3 is 5.97 Å². The van der Waals surface area contributed by atoms with E-state index in [0.29, 0.717) is 18.7 Å². The summed E-state index contributed by atoms with van der Waals surface area (Å²) in [5.41, 5.74) is 0.316. The van der Waals surface area contributed by atoms with Crippen molar-refractivity contribution in [3.05, 3.63) is 39.9 Å². The molecule has 24 heavy (non-hydrogen) atoms. The molecule has 0 heterocycles. The molecule has 0 aromatic heterocycles. The smallest absolute Gasteiger partial charge is 0.307 e. The first kappa shape index (κ1) is 19.6. The summed E-state index contributed by atoms with van der Waals surface area (Å²) in [6.07, 6.45) is 3.00. The normalized spacial score (nSPS) is 10.2. The highest BCUT2D eigenvalue weighted by Gasteiger charge is 2.18. The number of nitro groups is 1. The number of ether oxygens (including phenoxy) is 1.